The molecule has 0 aliphatic heterocycles. The van der Waals surface area contributed by atoms with Crippen molar-refractivity contribution in [2.45, 2.75) is 43.0 Å². The van der Waals surface area contributed by atoms with E-state index in [9.17, 15) is 4.79 Å². The highest BCUT2D eigenvalue weighted by atomic mass is 32.2. The highest BCUT2D eigenvalue weighted by Gasteiger charge is 2.32. The van der Waals surface area contributed by atoms with E-state index in [1.807, 2.05) is 6.92 Å². The third-order valence-corrected chi connectivity index (χ3v) is 4.67. The topological polar surface area (TPSA) is 64.1 Å². The Morgan fingerprint density at radius 2 is 2.42 bits per heavy atom. The van der Waals surface area contributed by atoms with Gasteiger partial charge in [0.2, 0.25) is 0 Å². The third kappa shape index (κ3) is 5.46. The van der Waals surface area contributed by atoms with E-state index < -0.39 is 5.54 Å². The van der Waals surface area contributed by atoms with Crippen molar-refractivity contribution in [3.05, 3.63) is 6.33 Å². The van der Waals surface area contributed by atoms with Gasteiger partial charge >= 0.3 is 5.97 Å². The summed E-state index contributed by atoms with van der Waals surface area (Å²) in [6.07, 6.45) is 4.23. The summed E-state index contributed by atoms with van der Waals surface area (Å²) in [6.45, 7) is 4.80. The number of carbonyl (C=O) groups is 1. The molecular formula is C12H21N3O2S2. The number of aromatic nitrogens is 2. The van der Waals surface area contributed by atoms with E-state index in [0.717, 1.165) is 35.9 Å². The summed E-state index contributed by atoms with van der Waals surface area (Å²) in [5, 5.41) is 3.28. The maximum absolute atomic E-state index is 11.9. The summed E-state index contributed by atoms with van der Waals surface area (Å²) < 4.78 is 9.82. The van der Waals surface area contributed by atoms with E-state index in [2.05, 4.69) is 21.6 Å². The fourth-order valence-electron chi connectivity index (χ4n) is 1.70. The lowest BCUT2D eigenvalue weighted by Crippen LogP contribution is -2.50. The number of hydrogen-bond acceptors (Lipinski definition) is 7. The molecule has 0 aromatic carbocycles. The van der Waals surface area contributed by atoms with Gasteiger partial charge in [0.1, 0.15) is 11.9 Å². The van der Waals surface area contributed by atoms with Gasteiger partial charge in [0.15, 0.2) is 4.34 Å². The molecular weight excluding hydrogens is 282 g/mol. The van der Waals surface area contributed by atoms with Gasteiger partial charge in [-0.25, -0.2) is 4.98 Å². The Balaban J connectivity index is 2.37. The summed E-state index contributed by atoms with van der Waals surface area (Å²) in [6, 6.07) is 0. The first-order valence-corrected chi connectivity index (χ1v) is 8.11. The van der Waals surface area contributed by atoms with Crippen LogP contribution in [0.3, 0.4) is 0 Å². The zero-order chi connectivity index (χ0) is 14.1. The number of methoxy groups -OCH3 is 1. The fraction of sp³-hybridized carbons (Fsp3) is 0.750. The molecule has 1 aromatic heterocycles. The van der Waals surface area contributed by atoms with Gasteiger partial charge in [-0.15, -0.1) is 0 Å². The average Bonchev–Trinajstić information content (AvgIpc) is 2.93. The van der Waals surface area contributed by atoms with Crippen LogP contribution < -0.4 is 5.32 Å². The normalized spacial score (nSPS) is 14.1. The van der Waals surface area contributed by atoms with Crippen molar-refractivity contribution in [1.82, 2.24) is 14.7 Å². The van der Waals surface area contributed by atoms with Gasteiger partial charge in [-0.1, -0.05) is 18.7 Å². The largest absolute Gasteiger partial charge is 0.468 e. The predicted octanol–water partition coefficient (Wildman–Crippen LogP) is 2.34. The number of rotatable bonds is 9. The Labute approximate surface area is 122 Å². The predicted molar refractivity (Wildman–Crippen MR) is 78.6 cm³/mol. The van der Waals surface area contributed by atoms with Crippen LogP contribution in [-0.2, 0) is 9.53 Å². The molecule has 0 aliphatic carbocycles. The van der Waals surface area contributed by atoms with Crippen LogP contribution in [0.15, 0.2) is 10.7 Å². The Hall–Kier alpha value is -0.660. The van der Waals surface area contributed by atoms with Crippen LogP contribution in [0.2, 0.25) is 0 Å². The van der Waals surface area contributed by atoms with E-state index in [1.165, 1.54) is 18.6 Å². The fourth-order valence-corrected chi connectivity index (χ4v) is 3.15. The van der Waals surface area contributed by atoms with Crippen LogP contribution in [0.4, 0.5) is 0 Å². The maximum atomic E-state index is 11.9. The van der Waals surface area contributed by atoms with Crippen molar-refractivity contribution in [3.8, 4) is 0 Å². The molecule has 1 rings (SSSR count). The number of nitrogens with one attached hydrogen (secondary N) is 1. The standard InChI is InChI=1S/C12H21N3O2S2/c1-4-7-14-12(2,10(16)17-3)6-5-8-18-11-13-9-15-19-11/h9,14H,4-8H2,1-3H3. The minimum Gasteiger partial charge on any atom is -0.468 e. The van der Waals surface area contributed by atoms with Gasteiger partial charge in [0.25, 0.3) is 0 Å². The third-order valence-electron chi connectivity index (χ3n) is 2.79. The van der Waals surface area contributed by atoms with Gasteiger partial charge in [0, 0.05) is 5.75 Å². The van der Waals surface area contributed by atoms with Gasteiger partial charge in [-0.2, -0.15) is 4.37 Å². The Morgan fingerprint density at radius 3 is 3.00 bits per heavy atom. The lowest BCUT2D eigenvalue weighted by molar-refractivity contribution is -0.148. The number of nitrogens with zero attached hydrogens (tertiary/aromatic N) is 2. The molecule has 0 fully saturated rings. The van der Waals surface area contributed by atoms with Crippen LogP contribution in [0.1, 0.15) is 33.1 Å². The first kappa shape index (κ1) is 16.4. The van der Waals surface area contributed by atoms with Crippen molar-refractivity contribution >= 4 is 29.3 Å². The molecule has 19 heavy (non-hydrogen) atoms. The first-order chi connectivity index (χ1) is 9.12. The number of thioether (sulfide) groups is 1. The molecule has 1 heterocycles. The quantitative estimate of drug-likeness (QED) is 0.429. The molecule has 5 nitrogen and oxygen atoms in total. The SMILES string of the molecule is CCCNC(C)(CCCSc1ncns1)C(=O)OC. The monoisotopic (exact) mass is 303 g/mol. The van der Waals surface area contributed by atoms with Crippen LogP contribution >= 0.6 is 23.3 Å². The van der Waals surface area contributed by atoms with Crippen molar-refractivity contribution < 1.29 is 9.53 Å². The number of ether oxygens (including phenoxy) is 1. The molecule has 0 radical (unpaired) electrons. The minimum absolute atomic E-state index is 0.193. The molecule has 0 bridgehead atoms. The summed E-state index contributed by atoms with van der Waals surface area (Å²) in [4.78, 5) is 16.0. The molecule has 0 saturated heterocycles. The first-order valence-electron chi connectivity index (χ1n) is 6.35. The second-order valence-electron chi connectivity index (χ2n) is 4.41. The summed E-state index contributed by atoms with van der Waals surface area (Å²) in [5.41, 5.74) is -0.591. The second-order valence-corrected chi connectivity index (χ2v) is 6.53. The molecule has 1 unspecified atom stereocenters. The molecule has 7 heteroatoms. The zero-order valence-corrected chi connectivity index (χ0v) is 13.3. The maximum Gasteiger partial charge on any atom is 0.325 e. The molecule has 0 aliphatic rings. The summed E-state index contributed by atoms with van der Waals surface area (Å²) in [5.74, 6) is 0.733. The minimum atomic E-state index is -0.591. The van der Waals surface area contributed by atoms with Crippen molar-refractivity contribution in [3.63, 3.8) is 0 Å². The van der Waals surface area contributed by atoms with Crippen LogP contribution in [-0.4, -0.2) is 40.3 Å². The smallest absolute Gasteiger partial charge is 0.325 e. The highest BCUT2D eigenvalue weighted by Crippen LogP contribution is 2.22. The van der Waals surface area contributed by atoms with E-state index in [0.29, 0.717) is 0 Å². The van der Waals surface area contributed by atoms with Crippen molar-refractivity contribution in [1.29, 1.82) is 0 Å². The highest BCUT2D eigenvalue weighted by molar-refractivity contribution is 8.00. The molecule has 0 amide bonds. The zero-order valence-electron chi connectivity index (χ0n) is 11.6. The van der Waals surface area contributed by atoms with E-state index in [-0.39, 0.29) is 5.97 Å². The Kier molecular flexibility index (Phi) is 7.33. The van der Waals surface area contributed by atoms with Crippen molar-refractivity contribution in [2.24, 2.45) is 0 Å². The van der Waals surface area contributed by atoms with Gasteiger partial charge in [0.05, 0.1) is 7.11 Å². The summed E-state index contributed by atoms with van der Waals surface area (Å²) >= 11 is 3.08. The van der Waals surface area contributed by atoms with Crippen molar-refractivity contribution in [2.75, 3.05) is 19.4 Å². The second kappa shape index (κ2) is 8.50. The van der Waals surface area contributed by atoms with E-state index in [1.54, 1.807) is 18.1 Å². The molecule has 0 saturated carbocycles. The van der Waals surface area contributed by atoms with Crippen LogP contribution in [0, 0.1) is 0 Å². The Morgan fingerprint density at radius 1 is 1.63 bits per heavy atom. The molecule has 108 valence electrons. The molecule has 1 aromatic rings. The van der Waals surface area contributed by atoms with E-state index >= 15 is 0 Å². The molecule has 1 atom stereocenters. The van der Waals surface area contributed by atoms with Gasteiger partial charge < -0.3 is 10.1 Å². The molecule has 1 N–H and O–H groups in total. The van der Waals surface area contributed by atoms with E-state index in [4.69, 9.17) is 4.74 Å². The number of esters is 1. The Bertz CT molecular complexity index is 373. The average molecular weight is 303 g/mol. The molecule has 0 spiro atoms. The summed E-state index contributed by atoms with van der Waals surface area (Å²) in [7, 11) is 1.43. The number of hydrogen-bond donors (Lipinski definition) is 1. The van der Waals surface area contributed by atoms with Crippen LogP contribution in [0.5, 0.6) is 0 Å². The number of carbonyl (C=O) groups excluding carboxylic acids is 1. The van der Waals surface area contributed by atoms with Crippen LogP contribution in [0.25, 0.3) is 0 Å². The lowest BCUT2D eigenvalue weighted by Gasteiger charge is -2.27. The lowest BCUT2D eigenvalue weighted by atomic mass is 9.96. The van der Waals surface area contributed by atoms with Gasteiger partial charge in [-0.05, 0) is 44.3 Å². The van der Waals surface area contributed by atoms with Gasteiger partial charge in [-0.3, -0.25) is 4.79 Å².